The maximum atomic E-state index is 6.08. The molecule has 1 aromatic heterocycles. The molecule has 3 nitrogen and oxygen atoms in total. The molecule has 0 aliphatic heterocycles. The third kappa shape index (κ3) is 3.05. The minimum absolute atomic E-state index is 0.246. The molecule has 0 atom stereocenters. The van der Waals surface area contributed by atoms with Crippen molar-refractivity contribution in [2.45, 2.75) is 26.7 Å². The fraction of sp³-hybridized carbons (Fsp3) is 0.333. The van der Waals surface area contributed by atoms with Crippen LogP contribution in [0, 0.1) is 6.92 Å². The first kappa shape index (κ1) is 15.1. The third-order valence-electron chi connectivity index (χ3n) is 3.05. The molecular weight excluding hydrogens is 293 g/mol. The molecule has 0 fully saturated rings. The third-order valence-corrected chi connectivity index (χ3v) is 3.49. The van der Waals surface area contributed by atoms with Crippen LogP contribution in [0.25, 0.3) is 11.3 Å². The lowest BCUT2D eigenvalue weighted by molar-refractivity contribution is 0.775. The SMILES string of the molecule is CNc1nc(C(C)C)nc(-c2cc(Cl)cc(Cl)c2)c1C. The van der Waals surface area contributed by atoms with Gasteiger partial charge in [0.25, 0.3) is 0 Å². The van der Waals surface area contributed by atoms with Gasteiger partial charge in [0.15, 0.2) is 0 Å². The van der Waals surface area contributed by atoms with E-state index in [0.717, 1.165) is 28.5 Å². The van der Waals surface area contributed by atoms with E-state index in [-0.39, 0.29) is 5.92 Å². The van der Waals surface area contributed by atoms with E-state index >= 15 is 0 Å². The lowest BCUT2D eigenvalue weighted by Gasteiger charge is -2.14. The minimum atomic E-state index is 0.246. The highest BCUT2D eigenvalue weighted by atomic mass is 35.5. The lowest BCUT2D eigenvalue weighted by Crippen LogP contribution is -2.06. The summed E-state index contributed by atoms with van der Waals surface area (Å²) in [6.07, 6.45) is 0. The molecule has 106 valence electrons. The molecule has 1 N–H and O–H groups in total. The molecule has 0 aliphatic carbocycles. The monoisotopic (exact) mass is 309 g/mol. The van der Waals surface area contributed by atoms with Gasteiger partial charge in [0.05, 0.1) is 5.69 Å². The second-order valence-electron chi connectivity index (χ2n) is 4.97. The molecule has 1 aromatic carbocycles. The molecule has 5 heteroatoms. The van der Waals surface area contributed by atoms with Crippen LogP contribution in [0.2, 0.25) is 10.0 Å². The standard InChI is InChI=1S/C15H17Cl2N3/c1-8(2)14-19-13(9(3)15(18-4)20-14)10-5-11(16)7-12(17)6-10/h5-8H,1-4H3,(H,18,19,20). The van der Waals surface area contributed by atoms with E-state index in [1.54, 1.807) is 6.07 Å². The number of nitrogens with one attached hydrogen (secondary N) is 1. The van der Waals surface area contributed by atoms with Crippen LogP contribution in [0.4, 0.5) is 5.82 Å². The first-order chi connectivity index (χ1) is 9.42. The molecule has 0 aliphatic rings. The van der Waals surface area contributed by atoms with Crippen molar-refractivity contribution >= 4 is 29.0 Å². The maximum absolute atomic E-state index is 6.08. The fourth-order valence-electron chi connectivity index (χ4n) is 2.01. The molecule has 0 amide bonds. The van der Waals surface area contributed by atoms with Crippen molar-refractivity contribution in [1.29, 1.82) is 0 Å². The summed E-state index contributed by atoms with van der Waals surface area (Å²) < 4.78 is 0. The van der Waals surface area contributed by atoms with Gasteiger partial charge in [0.2, 0.25) is 0 Å². The highest BCUT2D eigenvalue weighted by Gasteiger charge is 2.14. The van der Waals surface area contributed by atoms with Crippen molar-refractivity contribution in [2.24, 2.45) is 0 Å². The Morgan fingerprint density at radius 2 is 1.65 bits per heavy atom. The summed E-state index contributed by atoms with van der Waals surface area (Å²) in [6.45, 7) is 6.12. The Morgan fingerprint density at radius 1 is 1.05 bits per heavy atom. The highest BCUT2D eigenvalue weighted by Crippen LogP contribution is 2.31. The molecule has 20 heavy (non-hydrogen) atoms. The van der Waals surface area contributed by atoms with Crippen LogP contribution in [-0.2, 0) is 0 Å². The second-order valence-corrected chi connectivity index (χ2v) is 5.84. The molecule has 2 rings (SSSR count). The van der Waals surface area contributed by atoms with Gasteiger partial charge in [-0.15, -0.1) is 0 Å². The summed E-state index contributed by atoms with van der Waals surface area (Å²) in [5.41, 5.74) is 2.74. The highest BCUT2D eigenvalue weighted by molar-refractivity contribution is 6.35. The average Bonchev–Trinajstić information content (AvgIpc) is 2.37. The molecule has 0 saturated carbocycles. The molecular formula is C15H17Cl2N3. The summed E-state index contributed by atoms with van der Waals surface area (Å²) >= 11 is 12.2. The second kappa shape index (κ2) is 5.98. The number of benzene rings is 1. The Balaban J connectivity index is 2.68. The number of nitrogens with zero attached hydrogens (tertiary/aromatic N) is 2. The Bertz CT molecular complexity index is 619. The van der Waals surface area contributed by atoms with E-state index in [1.165, 1.54) is 0 Å². The fourth-order valence-corrected chi connectivity index (χ4v) is 2.53. The van der Waals surface area contributed by atoms with Crippen LogP contribution >= 0.6 is 23.2 Å². The number of anilines is 1. The molecule has 1 heterocycles. The lowest BCUT2D eigenvalue weighted by atomic mass is 10.1. The van der Waals surface area contributed by atoms with Gasteiger partial charge >= 0.3 is 0 Å². The van der Waals surface area contributed by atoms with Gasteiger partial charge in [-0.1, -0.05) is 37.0 Å². The average molecular weight is 310 g/mol. The maximum Gasteiger partial charge on any atom is 0.133 e. The van der Waals surface area contributed by atoms with Crippen molar-refractivity contribution in [2.75, 3.05) is 12.4 Å². The van der Waals surface area contributed by atoms with Crippen LogP contribution in [0.1, 0.15) is 31.2 Å². The molecule has 2 aromatic rings. The Morgan fingerprint density at radius 3 is 2.15 bits per heavy atom. The normalized spacial score (nSPS) is 10.9. The van der Waals surface area contributed by atoms with Gasteiger partial charge in [0.1, 0.15) is 11.6 Å². The van der Waals surface area contributed by atoms with Crippen LogP contribution in [0.3, 0.4) is 0 Å². The van der Waals surface area contributed by atoms with Gasteiger partial charge in [-0.2, -0.15) is 0 Å². The first-order valence-electron chi connectivity index (χ1n) is 6.45. The van der Waals surface area contributed by atoms with Crippen LogP contribution < -0.4 is 5.32 Å². The van der Waals surface area contributed by atoms with Crippen molar-refractivity contribution < 1.29 is 0 Å². The van der Waals surface area contributed by atoms with Crippen LogP contribution in [0.15, 0.2) is 18.2 Å². The zero-order chi connectivity index (χ0) is 14.9. The van der Waals surface area contributed by atoms with E-state index < -0.39 is 0 Å². The van der Waals surface area contributed by atoms with Gasteiger partial charge in [-0.3, -0.25) is 0 Å². The largest absolute Gasteiger partial charge is 0.373 e. The molecule has 0 radical (unpaired) electrons. The Kier molecular flexibility index (Phi) is 4.51. The number of hydrogen-bond acceptors (Lipinski definition) is 3. The van der Waals surface area contributed by atoms with Crippen LogP contribution in [-0.4, -0.2) is 17.0 Å². The van der Waals surface area contributed by atoms with Gasteiger partial charge in [-0.05, 0) is 25.1 Å². The van der Waals surface area contributed by atoms with E-state index in [1.807, 2.05) is 26.1 Å². The topological polar surface area (TPSA) is 37.8 Å². The minimum Gasteiger partial charge on any atom is -0.373 e. The molecule has 0 saturated heterocycles. The van der Waals surface area contributed by atoms with Crippen LogP contribution in [0.5, 0.6) is 0 Å². The van der Waals surface area contributed by atoms with E-state index in [4.69, 9.17) is 23.2 Å². The van der Waals surface area contributed by atoms with Crippen molar-refractivity contribution in [3.05, 3.63) is 39.6 Å². The number of aromatic nitrogens is 2. The van der Waals surface area contributed by atoms with Gasteiger partial charge in [-0.25, -0.2) is 9.97 Å². The molecule has 0 spiro atoms. The summed E-state index contributed by atoms with van der Waals surface area (Å²) in [5, 5.41) is 4.31. The summed E-state index contributed by atoms with van der Waals surface area (Å²) in [5.74, 6) is 1.87. The molecule has 0 unspecified atom stereocenters. The van der Waals surface area contributed by atoms with Gasteiger partial charge in [0, 0.05) is 34.1 Å². The quantitative estimate of drug-likeness (QED) is 0.874. The molecule has 0 bridgehead atoms. The Hall–Kier alpha value is -1.32. The number of rotatable bonds is 3. The van der Waals surface area contributed by atoms with Crippen molar-refractivity contribution in [1.82, 2.24) is 9.97 Å². The summed E-state index contributed by atoms with van der Waals surface area (Å²) in [7, 11) is 1.86. The van der Waals surface area contributed by atoms with E-state index in [0.29, 0.717) is 10.0 Å². The van der Waals surface area contributed by atoms with Crippen molar-refractivity contribution in [3.8, 4) is 11.3 Å². The van der Waals surface area contributed by atoms with Gasteiger partial charge < -0.3 is 5.32 Å². The van der Waals surface area contributed by atoms with E-state index in [9.17, 15) is 0 Å². The Labute approximate surface area is 129 Å². The predicted octanol–water partition coefficient (Wildman–Crippen LogP) is 4.92. The van der Waals surface area contributed by atoms with E-state index in [2.05, 4.69) is 29.1 Å². The smallest absolute Gasteiger partial charge is 0.133 e. The van der Waals surface area contributed by atoms with Crippen molar-refractivity contribution in [3.63, 3.8) is 0 Å². The number of halogens is 2. The number of hydrogen-bond donors (Lipinski definition) is 1. The summed E-state index contributed by atoms with van der Waals surface area (Å²) in [6, 6.07) is 5.45. The first-order valence-corrected chi connectivity index (χ1v) is 7.20. The predicted molar refractivity (Wildman–Crippen MR) is 85.9 cm³/mol. The summed E-state index contributed by atoms with van der Waals surface area (Å²) in [4.78, 5) is 9.20. The zero-order valence-electron chi connectivity index (χ0n) is 12.0. The zero-order valence-corrected chi connectivity index (χ0v) is 13.5.